The number of amides is 1. The Kier molecular flexibility index (Phi) is 4.61. The highest BCUT2D eigenvalue weighted by molar-refractivity contribution is 5.99. The van der Waals surface area contributed by atoms with E-state index in [1.54, 1.807) is 0 Å². The van der Waals surface area contributed by atoms with Gasteiger partial charge in [-0.3, -0.25) is 4.79 Å². The fourth-order valence-electron chi connectivity index (χ4n) is 1.65. The van der Waals surface area contributed by atoms with E-state index in [2.05, 4.69) is 5.32 Å². The summed E-state index contributed by atoms with van der Waals surface area (Å²) in [6.07, 6.45) is 0. The van der Waals surface area contributed by atoms with Crippen LogP contribution in [0.4, 0.5) is 14.5 Å². The molecule has 1 aromatic carbocycles. The minimum atomic E-state index is -1.09. The van der Waals surface area contributed by atoms with E-state index in [4.69, 9.17) is 5.73 Å². The molecule has 1 rings (SSSR count). The van der Waals surface area contributed by atoms with E-state index >= 15 is 0 Å². The van der Waals surface area contributed by atoms with Gasteiger partial charge in [0.25, 0.3) is 5.91 Å². The van der Waals surface area contributed by atoms with E-state index in [1.807, 2.05) is 25.9 Å². The Morgan fingerprint density at radius 2 is 1.94 bits per heavy atom. The Morgan fingerprint density at radius 1 is 1.39 bits per heavy atom. The minimum Gasteiger partial charge on any atom is -0.398 e. The van der Waals surface area contributed by atoms with Gasteiger partial charge in [0.05, 0.1) is 5.56 Å². The molecule has 100 valence electrons. The summed E-state index contributed by atoms with van der Waals surface area (Å²) in [5, 5.41) is 2.67. The molecule has 6 heteroatoms. The van der Waals surface area contributed by atoms with Crippen molar-refractivity contribution < 1.29 is 13.6 Å². The van der Waals surface area contributed by atoms with E-state index < -0.39 is 17.5 Å². The number of hydrogen-bond donors (Lipinski definition) is 2. The average Bonchev–Trinajstić information content (AvgIpc) is 2.21. The van der Waals surface area contributed by atoms with Gasteiger partial charge in [-0.25, -0.2) is 8.78 Å². The molecular weight excluding hydrogens is 240 g/mol. The zero-order valence-corrected chi connectivity index (χ0v) is 10.6. The number of halogens is 2. The van der Waals surface area contributed by atoms with Crippen LogP contribution in [0.5, 0.6) is 0 Å². The number of nitrogens with one attached hydrogen (secondary N) is 1. The largest absolute Gasteiger partial charge is 0.398 e. The molecule has 0 saturated heterocycles. The molecular formula is C12H17F2N3O. The summed E-state index contributed by atoms with van der Waals surface area (Å²) in [5.74, 6) is -2.67. The number of carbonyl (C=O) groups is 1. The first kappa shape index (κ1) is 14.4. The van der Waals surface area contributed by atoms with Crippen LogP contribution in [-0.2, 0) is 0 Å². The Hall–Kier alpha value is -1.69. The topological polar surface area (TPSA) is 58.4 Å². The number of nitrogens with two attached hydrogens (primary N) is 1. The Balaban J connectivity index is 2.82. The van der Waals surface area contributed by atoms with Gasteiger partial charge in [-0.1, -0.05) is 0 Å². The summed E-state index contributed by atoms with van der Waals surface area (Å²) in [5.41, 5.74) is 5.35. The van der Waals surface area contributed by atoms with E-state index in [9.17, 15) is 13.6 Å². The Morgan fingerprint density at radius 3 is 2.50 bits per heavy atom. The molecule has 0 radical (unpaired) electrons. The molecule has 0 aliphatic heterocycles. The molecule has 0 spiro atoms. The fourth-order valence-corrected chi connectivity index (χ4v) is 1.65. The van der Waals surface area contributed by atoms with Crippen molar-refractivity contribution in [3.05, 3.63) is 29.3 Å². The van der Waals surface area contributed by atoms with Crippen molar-refractivity contribution in [3.63, 3.8) is 0 Å². The van der Waals surface area contributed by atoms with Gasteiger partial charge in [0, 0.05) is 24.3 Å². The quantitative estimate of drug-likeness (QED) is 0.798. The van der Waals surface area contributed by atoms with Crippen LogP contribution in [0.15, 0.2) is 12.1 Å². The van der Waals surface area contributed by atoms with Crippen LogP contribution in [-0.4, -0.2) is 37.5 Å². The summed E-state index contributed by atoms with van der Waals surface area (Å²) in [6, 6.07) is 1.49. The monoisotopic (exact) mass is 257 g/mol. The number of hydrogen-bond acceptors (Lipinski definition) is 3. The van der Waals surface area contributed by atoms with Crippen molar-refractivity contribution in [1.29, 1.82) is 0 Å². The van der Waals surface area contributed by atoms with Gasteiger partial charge in [0.2, 0.25) is 0 Å². The molecule has 3 N–H and O–H groups in total. The van der Waals surface area contributed by atoms with E-state index in [1.165, 1.54) is 0 Å². The molecule has 0 aliphatic carbocycles. The molecule has 0 heterocycles. The van der Waals surface area contributed by atoms with Crippen molar-refractivity contribution in [1.82, 2.24) is 10.2 Å². The van der Waals surface area contributed by atoms with Gasteiger partial charge >= 0.3 is 0 Å². The highest BCUT2D eigenvalue weighted by Crippen LogP contribution is 2.17. The maximum Gasteiger partial charge on any atom is 0.253 e. The third-order valence-electron chi connectivity index (χ3n) is 2.35. The average molecular weight is 257 g/mol. The molecule has 1 atom stereocenters. The number of likely N-dealkylation sites (N-methyl/N-ethyl adjacent to an activating group) is 1. The standard InChI is InChI=1S/C12H17F2N3O/c1-7(6-17(2)3)16-12(18)8-4-9(13)10(14)5-11(8)15/h4-5,7H,6,15H2,1-3H3,(H,16,18). The first-order valence-corrected chi connectivity index (χ1v) is 5.51. The number of benzene rings is 1. The van der Waals surface area contributed by atoms with Crippen LogP contribution in [0, 0.1) is 11.6 Å². The Bertz CT molecular complexity index is 449. The van der Waals surface area contributed by atoms with Crippen LogP contribution in [0.25, 0.3) is 0 Å². The van der Waals surface area contributed by atoms with Gasteiger partial charge in [-0.05, 0) is 27.1 Å². The summed E-state index contributed by atoms with van der Waals surface area (Å²) < 4.78 is 25.9. The van der Waals surface area contributed by atoms with Crippen molar-refractivity contribution >= 4 is 11.6 Å². The first-order chi connectivity index (χ1) is 8.31. The lowest BCUT2D eigenvalue weighted by atomic mass is 10.1. The molecule has 0 fully saturated rings. The lowest BCUT2D eigenvalue weighted by molar-refractivity contribution is 0.0934. The highest BCUT2D eigenvalue weighted by atomic mass is 19.2. The number of carbonyl (C=O) groups excluding carboxylic acids is 1. The summed E-state index contributed by atoms with van der Waals surface area (Å²) >= 11 is 0. The van der Waals surface area contributed by atoms with Crippen LogP contribution >= 0.6 is 0 Å². The molecule has 1 unspecified atom stereocenters. The van der Waals surface area contributed by atoms with Crippen molar-refractivity contribution in [2.24, 2.45) is 0 Å². The third-order valence-corrected chi connectivity index (χ3v) is 2.35. The minimum absolute atomic E-state index is 0.0560. The third kappa shape index (κ3) is 3.66. The van der Waals surface area contributed by atoms with Gasteiger partial charge in [0.1, 0.15) is 0 Å². The highest BCUT2D eigenvalue weighted by Gasteiger charge is 2.16. The Labute approximate surface area is 105 Å². The zero-order valence-electron chi connectivity index (χ0n) is 10.6. The lowest BCUT2D eigenvalue weighted by Gasteiger charge is -2.18. The summed E-state index contributed by atoms with van der Waals surface area (Å²) in [7, 11) is 3.74. The number of anilines is 1. The second-order valence-corrected chi connectivity index (χ2v) is 4.49. The number of nitrogen functional groups attached to an aromatic ring is 1. The first-order valence-electron chi connectivity index (χ1n) is 5.51. The van der Waals surface area contributed by atoms with E-state index in [0.29, 0.717) is 6.54 Å². The van der Waals surface area contributed by atoms with Crippen LogP contribution < -0.4 is 11.1 Å². The normalized spacial score (nSPS) is 12.6. The molecule has 1 amide bonds. The van der Waals surface area contributed by atoms with Gasteiger partial charge < -0.3 is 16.0 Å². The summed E-state index contributed by atoms with van der Waals surface area (Å²) in [6.45, 7) is 2.45. The van der Waals surface area contributed by atoms with E-state index in [0.717, 1.165) is 12.1 Å². The van der Waals surface area contributed by atoms with Crippen LogP contribution in [0.1, 0.15) is 17.3 Å². The molecule has 0 bridgehead atoms. The van der Waals surface area contributed by atoms with Crippen LogP contribution in [0.2, 0.25) is 0 Å². The van der Waals surface area contributed by atoms with Crippen LogP contribution in [0.3, 0.4) is 0 Å². The molecule has 0 saturated carbocycles. The fraction of sp³-hybridized carbons (Fsp3) is 0.417. The molecule has 18 heavy (non-hydrogen) atoms. The second kappa shape index (κ2) is 5.77. The number of rotatable bonds is 4. The predicted molar refractivity (Wildman–Crippen MR) is 66.3 cm³/mol. The molecule has 0 aromatic heterocycles. The van der Waals surface area contributed by atoms with Crippen molar-refractivity contribution in [3.8, 4) is 0 Å². The van der Waals surface area contributed by atoms with Gasteiger partial charge in [-0.2, -0.15) is 0 Å². The number of nitrogens with zero attached hydrogens (tertiary/aromatic N) is 1. The predicted octanol–water partition coefficient (Wildman–Crippen LogP) is 1.23. The van der Waals surface area contributed by atoms with Crippen molar-refractivity contribution in [2.75, 3.05) is 26.4 Å². The van der Waals surface area contributed by atoms with Gasteiger partial charge in [-0.15, -0.1) is 0 Å². The SMILES string of the molecule is CC(CN(C)C)NC(=O)c1cc(F)c(F)cc1N. The molecule has 4 nitrogen and oxygen atoms in total. The zero-order chi connectivity index (χ0) is 13.9. The smallest absolute Gasteiger partial charge is 0.253 e. The summed E-state index contributed by atoms with van der Waals surface area (Å²) in [4.78, 5) is 13.7. The maximum absolute atomic E-state index is 13.0. The second-order valence-electron chi connectivity index (χ2n) is 4.49. The lowest BCUT2D eigenvalue weighted by Crippen LogP contribution is -2.39. The maximum atomic E-state index is 13.0. The van der Waals surface area contributed by atoms with Gasteiger partial charge in [0.15, 0.2) is 11.6 Å². The van der Waals surface area contributed by atoms with E-state index in [-0.39, 0.29) is 17.3 Å². The molecule has 0 aliphatic rings. The van der Waals surface area contributed by atoms with Crippen molar-refractivity contribution in [2.45, 2.75) is 13.0 Å². The molecule has 1 aromatic rings.